The fraction of sp³-hybridized carbons (Fsp3) is 0.278. The van der Waals surface area contributed by atoms with Crippen LogP contribution in [0.1, 0.15) is 68.9 Å². The van der Waals surface area contributed by atoms with Crippen molar-refractivity contribution in [1.82, 2.24) is 0 Å². The average molecular weight is 503 g/mol. The maximum absolute atomic E-state index is 10.9. The topological polar surface area (TPSA) is 40.5 Å². The molecule has 0 unspecified atom stereocenters. The van der Waals surface area contributed by atoms with Gasteiger partial charge in [-0.05, 0) is 65.8 Å². The van der Waals surface area contributed by atoms with E-state index < -0.39 is 0 Å². The van der Waals surface area contributed by atoms with E-state index in [4.69, 9.17) is 0 Å². The number of hydrogen-bond donors (Lipinski definition) is 2. The Bertz CT molecular complexity index is 1270. The van der Waals surface area contributed by atoms with Crippen LogP contribution in [0.2, 0.25) is 0 Å². The molecule has 5 rings (SSSR count). The van der Waals surface area contributed by atoms with E-state index in [1.807, 2.05) is 48.5 Å². The van der Waals surface area contributed by atoms with Crippen LogP contribution in [0.25, 0.3) is 22.3 Å². The highest BCUT2D eigenvalue weighted by Crippen LogP contribution is 2.45. The second-order valence-electron chi connectivity index (χ2n) is 10.6. The monoisotopic (exact) mass is 502 g/mol. The fourth-order valence-electron chi connectivity index (χ4n) is 5.89. The summed E-state index contributed by atoms with van der Waals surface area (Å²) in [7, 11) is 0. The molecule has 4 aromatic carbocycles. The lowest BCUT2D eigenvalue weighted by Gasteiger charge is -2.34. The summed E-state index contributed by atoms with van der Waals surface area (Å²) in [5.41, 5.74) is 5.70. The molecule has 0 radical (unpaired) electrons. The van der Waals surface area contributed by atoms with Crippen LogP contribution in [0.4, 0.5) is 0 Å². The van der Waals surface area contributed by atoms with E-state index in [1.54, 1.807) is 0 Å². The van der Waals surface area contributed by atoms with Gasteiger partial charge in [0.05, 0.1) is 0 Å². The molecule has 0 atom stereocenters. The maximum Gasteiger partial charge on any atom is 0.123 e. The van der Waals surface area contributed by atoms with Gasteiger partial charge in [-0.15, -0.1) is 0 Å². The molecular weight excluding hydrogens is 464 g/mol. The van der Waals surface area contributed by atoms with Gasteiger partial charge in [0.1, 0.15) is 11.5 Å². The molecule has 38 heavy (non-hydrogen) atoms. The van der Waals surface area contributed by atoms with Crippen molar-refractivity contribution in [3.8, 4) is 33.8 Å². The summed E-state index contributed by atoms with van der Waals surface area (Å²) in [4.78, 5) is 0. The normalized spacial score (nSPS) is 17.2. The van der Waals surface area contributed by atoms with E-state index in [9.17, 15) is 10.2 Å². The molecular formula is C36H38O2. The van der Waals surface area contributed by atoms with Crippen LogP contribution in [0.5, 0.6) is 11.5 Å². The van der Waals surface area contributed by atoms with Crippen molar-refractivity contribution in [3.63, 3.8) is 0 Å². The molecule has 2 N–H and O–H groups in total. The summed E-state index contributed by atoms with van der Waals surface area (Å²) < 4.78 is 0. The molecule has 0 saturated heterocycles. The molecule has 194 valence electrons. The molecule has 0 heterocycles. The summed E-state index contributed by atoms with van der Waals surface area (Å²) >= 11 is 0. The van der Waals surface area contributed by atoms with Gasteiger partial charge in [0, 0.05) is 16.5 Å². The van der Waals surface area contributed by atoms with Crippen LogP contribution in [0.3, 0.4) is 0 Å². The summed E-state index contributed by atoms with van der Waals surface area (Å²) in [6, 6.07) is 32.5. The third-order valence-electron chi connectivity index (χ3n) is 8.04. The van der Waals surface area contributed by atoms with Gasteiger partial charge in [-0.3, -0.25) is 0 Å². The van der Waals surface area contributed by atoms with Crippen LogP contribution in [0, 0.1) is 0 Å². The molecule has 4 aromatic rings. The molecule has 0 saturated carbocycles. The second-order valence-corrected chi connectivity index (χ2v) is 10.6. The Morgan fingerprint density at radius 3 is 1.50 bits per heavy atom. The van der Waals surface area contributed by atoms with Gasteiger partial charge in [-0.25, -0.2) is 0 Å². The molecule has 1 aliphatic rings. The Morgan fingerprint density at radius 1 is 0.500 bits per heavy atom. The highest BCUT2D eigenvalue weighted by Gasteiger charge is 2.33. The average Bonchev–Trinajstić information content (AvgIpc) is 2.95. The lowest BCUT2D eigenvalue weighted by Crippen LogP contribution is -2.26. The second kappa shape index (κ2) is 12.2. The lowest BCUT2D eigenvalue weighted by molar-refractivity contribution is 0.473. The Balaban J connectivity index is 1.70. The van der Waals surface area contributed by atoms with Crippen molar-refractivity contribution < 1.29 is 10.2 Å². The predicted octanol–water partition coefficient (Wildman–Crippen LogP) is 9.80. The van der Waals surface area contributed by atoms with E-state index in [0.717, 1.165) is 41.5 Å². The SMILES string of the molecule is Oc1ccc(C2(c3ccc(O)c(-c4ccccc4)c3)/C=C\CCCCCCCCC2)cc1-c1ccccc1. The number of rotatable bonds is 4. The standard InChI is InChI=1S/C36H38O2/c37-34-22-20-30(26-32(34)28-16-10-8-11-17-28)36(24-14-6-4-2-1-3-5-7-15-25-36)31-21-23-35(38)33(27-31)29-18-12-9-13-19-29/h8-14,16-24,26-27,37-38H,1-7,15,25H2/b24-14-. The van der Waals surface area contributed by atoms with E-state index in [1.165, 1.54) is 49.7 Å². The van der Waals surface area contributed by atoms with Crippen LogP contribution in [-0.4, -0.2) is 10.2 Å². The molecule has 0 spiro atoms. The Hall–Kier alpha value is -3.78. The first-order valence-corrected chi connectivity index (χ1v) is 14.1. The molecule has 0 aliphatic heterocycles. The predicted molar refractivity (Wildman–Crippen MR) is 159 cm³/mol. The molecule has 2 heteroatoms. The van der Waals surface area contributed by atoms with Gasteiger partial charge in [-0.2, -0.15) is 0 Å². The van der Waals surface area contributed by atoms with Crippen molar-refractivity contribution in [3.05, 3.63) is 120 Å². The first-order valence-electron chi connectivity index (χ1n) is 14.1. The summed E-state index contributed by atoms with van der Waals surface area (Å²) in [6.45, 7) is 0. The van der Waals surface area contributed by atoms with Gasteiger partial charge < -0.3 is 10.2 Å². The number of hydrogen-bond acceptors (Lipinski definition) is 2. The van der Waals surface area contributed by atoms with E-state index in [-0.39, 0.29) is 5.41 Å². The van der Waals surface area contributed by atoms with Crippen LogP contribution in [-0.2, 0) is 5.41 Å². The highest BCUT2D eigenvalue weighted by molar-refractivity contribution is 5.74. The third-order valence-corrected chi connectivity index (χ3v) is 8.04. The van der Waals surface area contributed by atoms with E-state index in [2.05, 4.69) is 60.7 Å². The quantitative estimate of drug-likeness (QED) is 0.273. The summed E-state index contributed by atoms with van der Waals surface area (Å²) in [5.74, 6) is 0.589. The van der Waals surface area contributed by atoms with Gasteiger partial charge in [-0.1, -0.05) is 123 Å². The Kier molecular flexibility index (Phi) is 8.28. The number of benzene rings is 4. The molecule has 0 aromatic heterocycles. The Morgan fingerprint density at radius 2 is 0.974 bits per heavy atom. The number of aromatic hydroxyl groups is 2. The summed E-state index contributed by atoms with van der Waals surface area (Å²) in [6.07, 6.45) is 15.6. The van der Waals surface area contributed by atoms with Crippen LogP contribution >= 0.6 is 0 Å². The highest BCUT2D eigenvalue weighted by atomic mass is 16.3. The van der Waals surface area contributed by atoms with E-state index >= 15 is 0 Å². The van der Waals surface area contributed by atoms with Gasteiger partial charge in [0.15, 0.2) is 0 Å². The molecule has 0 amide bonds. The fourth-order valence-corrected chi connectivity index (χ4v) is 5.89. The minimum absolute atomic E-state index is 0.294. The van der Waals surface area contributed by atoms with E-state index in [0.29, 0.717) is 11.5 Å². The minimum atomic E-state index is -0.367. The zero-order valence-corrected chi connectivity index (χ0v) is 22.2. The maximum atomic E-state index is 10.9. The first-order chi connectivity index (χ1) is 18.7. The zero-order chi connectivity index (χ0) is 26.2. The van der Waals surface area contributed by atoms with Crippen molar-refractivity contribution >= 4 is 0 Å². The van der Waals surface area contributed by atoms with Crippen LogP contribution in [0.15, 0.2) is 109 Å². The van der Waals surface area contributed by atoms with Crippen molar-refractivity contribution in [2.75, 3.05) is 0 Å². The van der Waals surface area contributed by atoms with Crippen molar-refractivity contribution in [2.24, 2.45) is 0 Å². The molecule has 1 aliphatic carbocycles. The minimum Gasteiger partial charge on any atom is -0.507 e. The van der Waals surface area contributed by atoms with Crippen molar-refractivity contribution in [2.45, 2.75) is 63.2 Å². The number of allylic oxidation sites excluding steroid dienone is 2. The van der Waals surface area contributed by atoms with Gasteiger partial charge in [0.25, 0.3) is 0 Å². The van der Waals surface area contributed by atoms with Crippen LogP contribution < -0.4 is 0 Å². The first kappa shape index (κ1) is 25.9. The smallest absolute Gasteiger partial charge is 0.123 e. The number of phenols is 2. The summed E-state index contributed by atoms with van der Waals surface area (Å²) in [5, 5.41) is 21.7. The van der Waals surface area contributed by atoms with Gasteiger partial charge in [0.2, 0.25) is 0 Å². The third kappa shape index (κ3) is 5.70. The largest absolute Gasteiger partial charge is 0.507 e. The molecule has 0 bridgehead atoms. The zero-order valence-electron chi connectivity index (χ0n) is 22.2. The number of phenolic OH excluding ortho intramolecular Hbond substituents is 2. The lowest BCUT2D eigenvalue weighted by atomic mass is 9.69. The van der Waals surface area contributed by atoms with Crippen molar-refractivity contribution in [1.29, 1.82) is 0 Å². The Labute approximate surface area is 227 Å². The molecule has 2 nitrogen and oxygen atoms in total. The molecule has 0 fully saturated rings. The van der Waals surface area contributed by atoms with Gasteiger partial charge >= 0.3 is 0 Å².